The van der Waals surface area contributed by atoms with Gasteiger partial charge in [0.15, 0.2) is 0 Å². The van der Waals surface area contributed by atoms with Crippen molar-refractivity contribution in [3.05, 3.63) is 71.3 Å². The predicted molar refractivity (Wildman–Crippen MR) is 139 cm³/mol. The lowest BCUT2D eigenvalue weighted by atomic mass is 10.0. The van der Waals surface area contributed by atoms with Crippen molar-refractivity contribution in [2.24, 2.45) is 0 Å². The topological polar surface area (TPSA) is 87.7 Å². The van der Waals surface area contributed by atoms with Crippen molar-refractivity contribution in [1.29, 1.82) is 0 Å². The molecule has 35 heavy (non-hydrogen) atoms. The number of carbonyl (C=O) groups excluding carboxylic acids is 3. The van der Waals surface area contributed by atoms with Crippen LogP contribution in [0.3, 0.4) is 0 Å². The summed E-state index contributed by atoms with van der Waals surface area (Å²) in [6.45, 7) is 7.59. The first-order valence-corrected chi connectivity index (χ1v) is 12.5. The molecule has 3 amide bonds. The van der Waals surface area contributed by atoms with Gasteiger partial charge >= 0.3 is 6.09 Å². The number of ether oxygens (including phenoxy) is 1. The normalized spacial score (nSPS) is 15.0. The maximum absolute atomic E-state index is 13.7. The fraction of sp³-hybridized carbons (Fsp3) is 0.444. The van der Waals surface area contributed by atoms with Crippen LogP contribution >= 0.6 is 12.6 Å². The molecule has 188 valence electrons. The van der Waals surface area contributed by atoms with Gasteiger partial charge in [0, 0.05) is 18.3 Å². The molecule has 0 radical (unpaired) electrons. The minimum atomic E-state index is -0.927. The summed E-state index contributed by atoms with van der Waals surface area (Å²) in [5.74, 6) is -0.546. The molecule has 0 aromatic heterocycles. The molecule has 2 unspecified atom stereocenters. The third-order valence-electron chi connectivity index (χ3n) is 5.60. The second-order valence-corrected chi connectivity index (χ2v) is 10.2. The first kappa shape index (κ1) is 26.6. The number of rotatable bonds is 9. The zero-order valence-electron chi connectivity index (χ0n) is 20.8. The molecular weight excluding hydrogens is 462 g/mol. The van der Waals surface area contributed by atoms with E-state index in [1.54, 1.807) is 25.7 Å². The fourth-order valence-electron chi connectivity index (χ4n) is 3.75. The van der Waals surface area contributed by atoms with E-state index < -0.39 is 23.8 Å². The lowest BCUT2D eigenvalue weighted by molar-refractivity contribution is -0.142. The molecule has 2 atom stereocenters. The van der Waals surface area contributed by atoms with Crippen molar-refractivity contribution < 1.29 is 19.1 Å². The summed E-state index contributed by atoms with van der Waals surface area (Å²) in [7, 11) is 0. The first-order chi connectivity index (χ1) is 16.6. The second-order valence-electron chi connectivity index (χ2n) is 9.87. The van der Waals surface area contributed by atoms with Crippen LogP contribution in [0.2, 0.25) is 0 Å². The number of aryl methyl sites for hydroxylation is 1. The summed E-state index contributed by atoms with van der Waals surface area (Å²) in [4.78, 5) is 41.3. The number of nitrogens with zero attached hydrogens (tertiary/aromatic N) is 1. The third-order valence-corrected chi connectivity index (χ3v) is 5.96. The van der Waals surface area contributed by atoms with Crippen LogP contribution in [-0.4, -0.2) is 46.2 Å². The van der Waals surface area contributed by atoms with Crippen molar-refractivity contribution in [3.63, 3.8) is 0 Å². The second kappa shape index (κ2) is 11.6. The quantitative estimate of drug-likeness (QED) is 0.454. The Morgan fingerprint density at radius 1 is 1.06 bits per heavy atom. The minimum Gasteiger partial charge on any atom is -0.444 e. The molecule has 0 saturated heterocycles. The van der Waals surface area contributed by atoms with Gasteiger partial charge in [-0.2, -0.15) is 12.6 Å². The van der Waals surface area contributed by atoms with E-state index in [4.69, 9.17) is 4.74 Å². The van der Waals surface area contributed by atoms with Gasteiger partial charge in [-0.1, -0.05) is 60.2 Å². The Kier molecular flexibility index (Phi) is 8.83. The van der Waals surface area contributed by atoms with Crippen LogP contribution in [0.5, 0.6) is 0 Å². The zero-order valence-corrected chi connectivity index (χ0v) is 21.7. The molecule has 1 saturated carbocycles. The van der Waals surface area contributed by atoms with Gasteiger partial charge < -0.3 is 20.3 Å². The van der Waals surface area contributed by atoms with E-state index in [-0.39, 0.29) is 23.6 Å². The number of hydrogen-bond acceptors (Lipinski definition) is 5. The lowest BCUT2D eigenvalue weighted by Gasteiger charge is -2.34. The Morgan fingerprint density at radius 3 is 2.23 bits per heavy atom. The van der Waals surface area contributed by atoms with Crippen LogP contribution in [-0.2, 0) is 20.9 Å². The van der Waals surface area contributed by atoms with Crippen LogP contribution in [0.15, 0.2) is 54.6 Å². The van der Waals surface area contributed by atoms with E-state index in [1.165, 1.54) is 0 Å². The fourth-order valence-corrected chi connectivity index (χ4v) is 4.00. The first-order valence-electron chi connectivity index (χ1n) is 11.9. The summed E-state index contributed by atoms with van der Waals surface area (Å²) >= 11 is 4.32. The summed E-state index contributed by atoms with van der Waals surface area (Å²) in [5.41, 5.74) is 2.04. The number of nitrogens with one attached hydrogen (secondary N) is 2. The molecule has 3 rings (SSSR count). The zero-order chi connectivity index (χ0) is 25.6. The number of thiol groups is 1. The maximum atomic E-state index is 13.7. The number of benzene rings is 2. The van der Waals surface area contributed by atoms with Gasteiger partial charge in [0.25, 0.3) is 0 Å². The van der Waals surface area contributed by atoms with Gasteiger partial charge in [-0.15, -0.1) is 0 Å². The molecule has 7 nitrogen and oxygen atoms in total. The predicted octanol–water partition coefficient (Wildman–Crippen LogP) is 4.17. The molecule has 2 aromatic rings. The Bertz CT molecular complexity index is 1020. The van der Waals surface area contributed by atoms with E-state index in [0.717, 1.165) is 29.5 Å². The highest BCUT2D eigenvalue weighted by atomic mass is 32.1. The SMILES string of the molecule is Cc1ccc(C(C(=O)NCc2ccccc2)N(C(=O)C(CS)NC(=O)OC(C)(C)C)C2CC2)cc1. The van der Waals surface area contributed by atoms with Gasteiger partial charge in [0.1, 0.15) is 17.7 Å². The van der Waals surface area contributed by atoms with E-state index in [1.807, 2.05) is 61.5 Å². The molecule has 8 heteroatoms. The molecule has 1 fully saturated rings. The van der Waals surface area contributed by atoms with E-state index in [2.05, 4.69) is 23.3 Å². The maximum Gasteiger partial charge on any atom is 0.408 e. The van der Waals surface area contributed by atoms with E-state index in [9.17, 15) is 14.4 Å². The monoisotopic (exact) mass is 497 g/mol. The van der Waals surface area contributed by atoms with Crippen molar-refractivity contribution in [2.75, 3.05) is 5.75 Å². The van der Waals surface area contributed by atoms with Gasteiger partial charge in [0.2, 0.25) is 11.8 Å². The largest absolute Gasteiger partial charge is 0.444 e. The molecule has 0 heterocycles. The van der Waals surface area contributed by atoms with Crippen molar-refractivity contribution in [2.45, 2.75) is 70.8 Å². The van der Waals surface area contributed by atoms with Crippen LogP contribution in [0.4, 0.5) is 4.79 Å². The Morgan fingerprint density at radius 2 is 1.69 bits per heavy atom. The standard InChI is InChI=1S/C27H35N3O4S/c1-18-10-12-20(13-11-18)23(24(31)28-16-19-8-6-5-7-9-19)30(21-14-15-21)25(32)22(17-35)29-26(33)34-27(2,3)4/h5-13,21-23,35H,14-17H2,1-4H3,(H,28,31)(H,29,33). The Hall–Kier alpha value is -3.00. The van der Waals surface area contributed by atoms with Crippen molar-refractivity contribution in [3.8, 4) is 0 Å². The molecule has 1 aliphatic rings. The van der Waals surface area contributed by atoms with Gasteiger partial charge in [-0.05, 0) is 51.7 Å². The highest BCUT2D eigenvalue weighted by molar-refractivity contribution is 7.80. The number of carbonyl (C=O) groups is 3. The summed E-state index contributed by atoms with van der Waals surface area (Å²) in [6.07, 6.45) is 0.901. The summed E-state index contributed by atoms with van der Waals surface area (Å²) < 4.78 is 5.34. The average molecular weight is 498 g/mol. The van der Waals surface area contributed by atoms with Gasteiger partial charge in [-0.3, -0.25) is 9.59 Å². The number of alkyl carbamates (subject to hydrolysis) is 1. The molecule has 0 aliphatic heterocycles. The van der Waals surface area contributed by atoms with Crippen LogP contribution in [0.1, 0.15) is 56.3 Å². The minimum absolute atomic E-state index is 0.0769. The molecule has 1 aliphatic carbocycles. The van der Waals surface area contributed by atoms with E-state index >= 15 is 0 Å². The van der Waals surface area contributed by atoms with Crippen LogP contribution in [0.25, 0.3) is 0 Å². The molecular formula is C27H35N3O4S. The Balaban J connectivity index is 1.87. The summed E-state index contributed by atoms with van der Waals surface area (Å²) in [5, 5.41) is 5.63. The smallest absolute Gasteiger partial charge is 0.408 e. The van der Waals surface area contributed by atoms with E-state index in [0.29, 0.717) is 6.54 Å². The number of amides is 3. The Labute approximate surface area is 213 Å². The third kappa shape index (κ3) is 7.75. The molecule has 0 spiro atoms. The van der Waals surface area contributed by atoms with Crippen LogP contribution in [0, 0.1) is 6.92 Å². The van der Waals surface area contributed by atoms with Crippen molar-refractivity contribution >= 4 is 30.5 Å². The average Bonchev–Trinajstić information content (AvgIpc) is 3.64. The number of hydrogen-bond donors (Lipinski definition) is 3. The summed E-state index contributed by atoms with van der Waals surface area (Å²) in [6, 6.07) is 15.4. The highest BCUT2D eigenvalue weighted by Crippen LogP contribution is 2.35. The van der Waals surface area contributed by atoms with Gasteiger partial charge in [-0.25, -0.2) is 4.79 Å². The molecule has 2 N–H and O–H groups in total. The van der Waals surface area contributed by atoms with Gasteiger partial charge in [0.05, 0.1) is 0 Å². The van der Waals surface area contributed by atoms with Crippen LogP contribution < -0.4 is 10.6 Å². The molecule has 0 bridgehead atoms. The highest BCUT2D eigenvalue weighted by Gasteiger charge is 2.43. The van der Waals surface area contributed by atoms with Crippen molar-refractivity contribution in [1.82, 2.24) is 15.5 Å². The lowest BCUT2D eigenvalue weighted by Crippen LogP contribution is -2.54. The molecule has 2 aromatic carbocycles.